The lowest BCUT2D eigenvalue weighted by atomic mass is 9.75. The van der Waals surface area contributed by atoms with E-state index >= 15 is 0 Å². The van der Waals surface area contributed by atoms with Crippen LogP contribution in [0.15, 0.2) is 117 Å². The summed E-state index contributed by atoms with van der Waals surface area (Å²) in [4.78, 5) is 43.2. The Labute approximate surface area is 362 Å². The van der Waals surface area contributed by atoms with Crippen LogP contribution in [0.2, 0.25) is 0 Å². The average molecular weight is 838 g/mol. The van der Waals surface area contributed by atoms with Gasteiger partial charge in [0.15, 0.2) is 11.4 Å². The fraction of sp³-hybridized carbons (Fsp3) is 0.353. The van der Waals surface area contributed by atoms with Gasteiger partial charge in [0.05, 0.1) is 49.4 Å². The molecule has 10 heteroatoms. The topological polar surface area (TPSA) is 121 Å². The average Bonchev–Trinajstić information content (AvgIpc) is 3.78. The van der Waals surface area contributed by atoms with Gasteiger partial charge >= 0.3 is 5.97 Å². The van der Waals surface area contributed by atoms with E-state index in [0.29, 0.717) is 24.2 Å². The number of carboxylic acids is 1. The number of hydrogen-bond acceptors (Lipinski definition) is 7. The number of carboxylic acid groups (broad SMARTS) is 1. The fourth-order valence-electron chi connectivity index (χ4n) is 9.31. The van der Waals surface area contributed by atoms with Gasteiger partial charge in [-0.15, -0.1) is 0 Å². The molecule has 8 rings (SSSR count). The van der Waals surface area contributed by atoms with Gasteiger partial charge in [0.1, 0.15) is 24.6 Å². The first kappa shape index (κ1) is 42.0. The van der Waals surface area contributed by atoms with Crippen LogP contribution in [0.5, 0.6) is 0 Å². The molecule has 0 unspecified atom stereocenters. The Bertz CT molecular complexity index is 2670. The molecule has 9 nitrogen and oxygen atoms in total. The van der Waals surface area contributed by atoms with Crippen molar-refractivity contribution in [3.05, 3.63) is 134 Å². The number of carbonyl (C=O) groups is 3. The summed E-state index contributed by atoms with van der Waals surface area (Å²) in [6, 6.07) is 19.3. The number of aliphatic hydroxyl groups excluding tert-OH is 2. The van der Waals surface area contributed by atoms with Gasteiger partial charge in [0.25, 0.3) is 0 Å². The Kier molecular flexibility index (Phi) is 11.0. The zero-order chi connectivity index (χ0) is 43.5. The summed E-state index contributed by atoms with van der Waals surface area (Å²) in [5, 5.41) is 33.8. The molecule has 2 aliphatic carbocycles. The first-order valence-corrected chi connectivity index (χ1v) is 22.5. The quantitative estimate of drug-likeness (QED) is 0.108. The summed E-state index contributed by atoms with van der Waals surface area (Å²) in [5.74, 6) is -1.51. The molecule has 5 aliphatic rings. The summed E-state index contributed by atoms with van der Waals surface area (Å²) in [6.45, 7) is 16.9. The predicted octanol–water partition coefficient (Wildman–Crippen LogP) is 10.8. The Hall–Kier alpha value is -5.74. The first-order chi connectivity index (χ1) is 29.1. The van der Waals surface area contributed by atoms with E-state index < -0.39 is 16.8 Å². The zero-order valence-corrected chi connectivity index (χ0v) is 37.0. The fourth-order valence-corrected chi connectivity index (χ4v) is 10.4. The number of fused-ring (bicyclic) bond motifs is 3. The molecule has 0 atom stereocenters. The van der Waals surface area contributed by atoms with Gasteiger partial charge < -0.3 is 20.2 Å². The molecule has 0 saturated carbocycles. The highest BCUT2D eigenvalue weighted by molar-refractivity contribution is 8.03. The van der Waals surface area contributed by atoms with E-state index in [9.17, 15) is 29.7 Å². The van der Waals surface area contributed by atoms with Crippen LogP contribution in [0.1, 0.15) is 114 Å². The van der Waals surface area contributed by atoms with Crippen molar-refractivity contribution in [1.29, 1.82) is 0 Å². The number of aliphatic hydroxyl groups is 2. The number of benzene rings is 3. The molecule has 0 saturated heterocycles. The number of carbonyl (C=O) groups excluding carboxylic acids is 2. The lowest BCUT2D eigenvalue weighted by Gasteiger charge is -2.24. The summed E-state index contributed by atoms with van der Waals surface area (Å²) in [7, 11) is 0. The van der Waals surface area contributed by atoms with Crippen LogP contribution in [0.25, 0.3) is 5.57 Å². The number of aromatic carboxylic acids is 1. The number of nitrogens with zero attached hydrogens (tertiary/aromatic N) is 3. The monoisotopic (exact) mass is 837 g/mol. The summed E-state index contributed by atoms with van der Waals surface area (Å²) in [6.07, 6.45) is 11.2. The zero-order valence-electron chi connectivity index (χ0n) is 36.2. The molecule has 0 aromatic heterocycles. The minimum atomic E-state index is -0.995. The second kappa shape index (κ2) is 15.9. The maximum atomic E-state index is 14.1. The molecule has 0 fully saturated rings. The van der Waals surface area contributed by atoms with Crippen molar-refractivity contribution in [2.45, 2.75) is 103 Å². The Balaban J connectivity index is 1.12. The maximum absolute atomic E-state index is 14.1. The third-order valence-corrected chi connectivity index (χ3v) is 14.1. The van der Waals surface area contributed by atoms with E-state index in [-0.39, 0.29) is 45.4 Å². The highest BCUT2D eigenvalue weighted by Crippen LogP contribution is 2.49. The molecule has 314 valence electrons. The summed E-state index contributed by atoms with van der Waals surface area (Å²) >= 11 is 1.62. The van der Waals surface area contributed by atoms with Gasteiger partial charge in [-0.05, 0) is 82.2 Å². The SMILES string of the molecule is CCCCN1/C(=C/C2=C(O)C(=C\C3=[N+](CCCC)c4ccc(C5=C(O)/C(=C\C6=[N+](CCCC)c7ccc(C(=O)O)cc7C6(C)C)C5=O)cc4C3(C)C)/C2=O)Sc2ccccc21. The Morgan fingerprint density at radius 1 is 0.721 bits per heavy atom. The molecule has 3 aromatic carbocycles. The van der Waals surface area contributed by atoms with Crippen LogP contribution in [-0.4, -0.2) is 73.1 Å². The second-order valence-electron chi connectivity index (χ2n) is 17.6. The van der Waals surface area contributed by atoms with E-state index in [0.717, 1.165) is 94.6 Å². The van der Waals surface area contributed by atoms with Gasteiger partial charge in [0, 0.05) is 59.7 Å². The number of rotatable bonds is 14. The van der Waals surface area contributed by atoms with Crippen molar-refractivity contribution in [3.8, 4) is 0 Å². The lowest BCUT2D eigenvalue weighted by molar-refractivity contribution is -0.438. The first-order valence-electron chi connectivity index (χ1n) is 21.6. The molecule has 3 aliphatic heterocycles. The minimum Gasteiger partial charge on any atom is -0.506 e. The molecule has 3 heterocycles. The van der Waals surface area contributed by atoms with Crippen LogP contribution in [-0.2, 0) is 20.4 Å². The van der Waals surface area contributed by atoms with E-state index in [1.54, 1.807) is 30.0 Å². The lowest BCUT2D eigenvalue weighted by Crippen LogP contribution is -2.32. The van der Waals surface area contributed by atoms with E-state index in [1.807, 2.05) is 62.4 Å². The molecule has 0 bridgehead atoms. The van der Waals surface area contributed by atoms with Gasteiger partial charge in [-0.3, -0.25) is 9.59 Å². The number of thioether (sulfide) groups is 1. The molecule has 0 spiro atoms. The second-order valence-corrected chi connectivity index (χ2v) is 18.7. The van der Waals surface area contributed by atoms with E-state index in [4.69, 9.17) is 0 Å². The molecule has 3 N–H and O–H groups in total. The van der Waals surface area contributed by atoms with Crippen molar-refractivity contribution >= 4 is 63.4 Å². The molecule has 61 heavy (non-hydrogen) atoms. The van der Waals surface area contributed by atoms with Crippen LogP contribution >= 0.6 is 11.8 Å². The smallest absolute Gasteiger partial charge is 0.335 e. The third-order valence-electron chi connectivity index (χ3n) is 13.0. The standard InChI is InChI=1S/C51H53N3O6S/c1-8-11-22-52-37-20-18-30(44-47(57)33(48(44)58)28-42-51(6,7)36-26-31(49(59)60)19-21-38(36)53(42)23-12-9-2)25-35(37)50(4,5)41(52)27-32-45(55)34(46(32)56)29-43-54(24-13-10-3)39-16-14-15-17-40(39)61-43/h14-21,25-29H,8-13,22-24H2,1-7H3,(H-2,55,56,57,58,59,60)/p+2. The third kappa shape index (κ3) is 6.83. The van der Waals surface area contributed by atoms with Crippen molar-refractivity contribution in [3.63, 3.8) is 0 Å². The van der Waals surface area contributed by atoms with E-state index in [2.05, 4.69) is 60.8 Å². The number of hydrogen-bond donors (Lipinski definition) is 3. The van der Waals surface area contributed by atoms with Crippen LogP contribution in [0.3, 0.4) is 0 Å². The number of ketones is 2. The summed E-state index contributed by atoms with van der Waals surface area (Å²) < 4.78 is 4.38. The van der Waals surface area contributed by atoms with Gasteiger partial charge in [0.2, 0.25) is 22.9 Å². The van der Waals surface area contributed by atoms with Crippen LogP contribution in [0.4, 0.5) is 17.1 Å². The molecule has 0 amide bonds. The summed E-state index contributed by atoms with van der Waals surface area (Å²) in [5.41, 5.74) is 7.25. The van der Waals surface area contributed by atoms with Gasteiger partial charge in [-0.25, -0.2) is 4.79 Å². The van der Waals surface area contributed by atoms with Crippen LogP contribution in [0, 0.1) is 0 Å². The normalized spacial score (nSPS) is 20.6. The minimum absolute atomic E-state index is 0.00339. The van der Waals surface area contributed by atoms with Gasteiger partial charge in [-0.1, -0.05) is 63.9 Å². The molecular weight excluding hydrogens is 783 g/mol. The van der Waals surface area contributed by atoms with Crippen molar-refractivity contribution < 1.29 is 38.9 Å². The van der Waals surface area contributed by atoms with Crippen molar-refractivity contribution in [1.82, 2.24) is 0 Å². The Morgan fingerprint density at radius 2 is 1.30 bits per heavy atom. The van der Waals surface area contributed by atoms with E-state index in [1.165, 1.54) is 0 Å². The number of para-hydroxylation sites is 1. The maximum Gasteiger partial charge on any atom is 0.335 e. The largest absolute Gasteiger partial charge is 0.506 e. The molecular formula is C51H55N3O6S+2. The number of Topliss-reactive ketones (excluding diaryl/α,β-unsaturated/α-hetero) is 2. The molecule has 0 radical (unpaired) electrons. The Morgan fingerprint density at radius 3 is 1.87 bits per heavy atom. The highest BCUT2D eigenvalue weighted by atomic mass is 32.2. The highest BCUT2D eigenvalue weighted by Gasteiger charge is 2.49. The number of anilines is 1. The van der Waals surface area contributed by atoms with Crippen LogP contribution < -0.4 is 4.90 Å². The predicted molar refractivity (Wildman–Crippen MR) is 243 cm³/mol. The van der Waals surface area contributed by atoms with Crippen molar-refractivity contribution in [2.24, 2.45) is 0 Å². The van der Waals surface area contributed by atoms with Gasteiger partial charge in [-0.2, -0.15) is 9.15 Å². The molecule has 3 aromatic rings. The number of allylic oxidation sites excluding steroid dienone is 7. The van der Waals surface area contributed by atoms with Crippen molar-refractivity contribution in [2.75, 3.05) is 24.5 Å². The number of unbranched alkanes of at least 4 members (excludes halogenated alkanes) is 3.